The summed E-state index contributed by atoms with van der Waals surface area (Å²) in [6.45, 7) is 0. The Hall–Kier alpha value is -0.430. The minimum atomic E-state index is -4.49. The van der Waals surface area contributed by atoms with Crippen molar-refractivity contribution in [3.05, 3.63) is 48.0 Å². The van der Waals surface area contributed by atoms with E-state index in [9.17, 15) is 13.5 Å². The van der Waals surface area contributed by atoms with Crippen molar-refractivity contribution in [2.24, 2.45) is 0 Å². The van der Waals surface area contributed by atoms with Crippen LogP contribution in [0.1, 0.15) is 11.0 Å². The molecule has 0 aromatic heterocycles. The summed E-state index contributed by atoms with van der Waals surface area (Å²) in [4.78, 5) is 0. The van der Waals surface area contributed by atoms with Crippen LogP contribution < -0.4 is 0 Å². The quantitative estimate of drug-likeness (QED) is 0.632. The zero-order valence-electron chi connectivity index (χ0n) is 9.24. The van der Waals surface area contributed by atoms with E-state index in [1.54, 1.807) is 30.3 Å². The van der Waals surface area contributed by atoms with E-state index in [0.717, 1.165) is 5.39 Å². The normalized spacial score (nSPS) is 13.1. The third-order valence-electron chi connectivity index (χ3n) is 2.37. The maximum absolute atomic E-state index is 10.9. The number of aliphatic hydroxyl groups is 1. The van der Waals surface area contributed by atoms with Crippen molar-refractivity contribution in [3.8, 4) is 0 Å². The first-order valence-electron chi connectivity index (χ1n) is 4.62. The van der Waals surface area contributed by atoms with Gasteiger partial charge in [0.05, 0.1) is 0 Å². The number of fused-ring (bicyclic) bond motifs is 1. The van der Waals surface area contributed by atoms with Gasteiger partial charge in [0.25, 0.3) is 10.1 Å². The van der Waals surface area contributed by atoms with Gasteiger partial charge in [0.1, 0.15) is 0 Å². The van der Waals surface area contributed by atoms with Gasteiger partial charge >= 0.3 is 0 Å². The molecule has 2 aromatic rings. The zero-order valence-corrected chi connectivity index (χ0v) is 12.1. The van der Waals surface area contributed by atoms with Crippen LogP contribution >= 0.6 is 0 Å². The van der Waals surface area contributed by atoms with Gasteiger partial charge in [0.15, 0.2) is 0 Å². The van der Waals surface area contributed by atoms with Crippen molar-refractivity contribution in [1.29, 1.82) is 0 Å². The Balaban J connectivity index is 0.00000144. The molecule has 2 aromatic carbocycles. The number of hydrogen-bond donors (Lipinski definition) is 2. The fourth-order valence-electron chi connectivity index (χ4n) is 1.63. The molecule has 0 saturated heterocycles. The van der Waals surface area contributed by atoms with Gasteiger partial charge in [-0.2, -0.15) is 8.42 Å². The Morgan fingerprint density at radius 3 is 2.24 bits per heavy atom. The zero-order chi connectivity index (χ0) is 11.8. The summed E-state index contributed by atoms with van der Waals surface area (Å²) in [5.74, 6) is 0. The van der Waals surface area contributed by atoms with Gasteiger partial charge in [-0.15, -0.1) is 0 Å². The van der Waals surface area contributed by atoms with Crippen LogP contribution in [0.5, 0.6) is 0 Å². The smallest absolute Gasteiger partial charge is 0.296 e. The van der Waals surface area contributed by atoms with Crippen molar-refractivity contribution in [3.63, 3.8) is 0 Å². The van der Waals surface area contributed by atoms with Crippen molar-refractivity contribution in [2.75, 3.05) is 0 Å². The molecule has 6 heteroatoms. The Bertz CT molecular complexity index is 619. The van der Waals surface area contributed by atoms with Crippen molar-refractivity contribution in [2.45, 2.75) is 5.44 Å². The molecule has 1 unspecified atom stereocenters. The molecule has 0 heterocycles. The van der Waals surface area contributed by atoms with Crippen molar-refractivity contribution < 1.29 is 18.1 Å². The number of rotatable bonds is 2. The van der Waals surface area contributed by atoms with E-state index in [4.69, 9.17) is 4.55 Å². The molecule has 1 radical (unpaired) electrons. The fourth-order valence-corrected chi connectivity index (χ4v) is 2.15. The molecule has 0 aliphatic heterocycles. The molecular weight excluding hydrogens is 251 g/mol. The number of hydrogen-bond acceptors (Lipinski definition) is 3. The van der Waals surface area contributed by atoms with E-state index >= 15 is 0 Å². The molecule has 2 N–H and O–H groups in total. The molecule has 0 fully saturated rings. The topological polar surface area (TPSA) is 74.6 Å². The van der Waals surface area contributed by atoms with E-state index in [-0.39, 0.29) is 35.1 Å². The molecule has 0 amide bonds. The second kappa shape index (κ2) is 5.48. The molecule has 0 saturated carbocycles. The summed E-state index contributed by atoms with van der Waals surface area (Å²) in [6, 6.07) is 11.9. The second-order valence-corrected chi connectivity index (χ2v) is 4.91. The van der Waals surface area contributed by atoms with E-state index in [0.29, 0.717) is 5.39 Å². The molecule has 0 bridgehead atoms. The number of aliphatic hydroxyl groups excluding tert-OH is 1. The Morgan fingerprint density at radius 2 is 1.59 bits per heavy atom. The molecule has 2 rings (SSSR count). The van der Waals surface area contributed by atoms with Crippen LogP contribution in [0.3, 0.4) is 0 Å². The van der Waals surface area contributed by atoms with Gasteiger partial charge in [0.2, 0.25) is 5.44 Å². The molecular formula is C11H10NaO4S. The van der Waals surface area contributed by atoms with Crippen molar-refractivity contribution in [1.82, 2.24) is 0 Å². The van der Waals surface area contributed by atoms with Crippen LogP contribution in [0.25, 0.3) is 10.8 Å². The summed E-state index contributed by atoms with van der Waals surface area (Å²) in [7, 11) is -4.49. The first-order valence-corrected chi connectivity index (χ1v) is 6.12. The van der Waals surface area contributed by atoms with Crippen LogP contribution in [0, 0.1) is 0 Å². The average Bonchev–Trinajstić information content (AvgIpc) is 2.26. The summed E-state index contributed by atoms with van der Waals surface area (Å²) in [5.41, 5.74) is -1.72. The SMILES string of the molecule is O=S(=O)(O)C(O)c1cccc2ccccc12.[Na]. The summed E-state index contributed by atoms with van der Waals surface area (Å²) >= 11 is 0. The fraction of sp³-hybridized carbons (Fsp3) is 0.0909. The van der Waals surface area contributed by atoms with E-state index in [2.05, 4.69) is 0 Å². The molecule has 0 aliphatic carbocycles. The molecule has 0 aliphatic rings. The van der Waals surface area contributed by atoms with Gasteiger partial charge in [-0.3, -0.25) is 4.55 Å². The van der Waals surface area contributed by atoms with Crippen molar-refractivity contribution >= 4 is 50.4 Å². The predicted octanol–water partition coefficient (Wildman–Crippen LogP) is 1.34. The van der Waals surface area contributed by atoms with E-state index in [1.807, 2.05) is 6.07 Å². The summed E-state index contributed by atoms with van der Waals surface area (Å²) in [5, 5.41) is 10.9. The van der Waals surface area contributed by atoms with Gasteiger partial charge in [-0.1, -0.05) is 42.5 Å². The summed E-state index contributed by atoms with van der Waals surface area (Å²) < 4.78 is 30.6. The average molecular weight is 261 g/mol. The second-order valence-electron chi connectivity index (χ2n) is 3.44. The van der Waals surface area contributed by atoms with E-state index in [1.165, 1.54) is 6.07 Å². The van der Waals surface area contributed by atoms with Gasteiger partial charge in [-0.25, -0.2) is 0 Å². The van der Waals surface area contributed by atoms with Gasteiger partial charge < -0.3 is 5.11 Å². The van der Waals surface area contributed by atoms with Crippen LogP contribution in [0.2, 0.25) is 0 Å². The van der Waals surface area contributed by atoms with E-state index < -0.39 is 15.6 Å². The first kappa shape index (κ1) is 14.6. The maximum atomic E-state index is 10.9. The Labute approximate surface area is 121 Å². The molecule has 85 valence electrons. The van der Waals surface area contributed by atoms with Crippen LogP contribution in [0.15, 0.2) is 42.5 Å². The summed E-state index contributed by atoms with van der Waals surface area (Å²) in [6.07, 6.45) is 0. The van der Waals surface area contributed by atoms with Crippen LogP contribution in [0.4, 0.5) is 0 Å². The molecule has 17 heavy (non-hydrogen) atoms. The maximum Gasteiger partial charge on any atom is 0.296 e. The first-order chi connectivity index (χ1) is 7.50. The minimum absolute atomic E-state index is 0. The largest absolute Gasteiger partial charge is 0.371 e. The standard InChI is InChI=1S/C11H10O4S.Na/c12-11(16(13,14)15)10-7-3-5-8-4-1-2-6-9(8)10;/h1-7,11-12H,(H,13,14,15);. The Morgan fingerprint density at radius 1 is 1.00 bits per heavy atom. The minimum Gasteiger partial charge on any atom is -0.371 e. The number of benzene rings is 2. The predicted molar refractivity (Wildman–Crippen MR) is 66.2 cm³/mol. The third kappa shape index (κ3) is 3.07. The molecule has 1 atom stereocenters. The van der Waals surface area contributed by atoms with Crippen LogP contribution in [-0.4, -0.2) is 47.6 Å². The van der Waals surface area contributed by atoms with Gasteiger partial charge in [0, 0.05) is 35.1 Å². The molecule has 0 spiro atoms. The monoisotopic (exact) mass is 261 g/mol. The molecule has 4 nitrogen and oxygen atoms in total. The Kier molecular flexibility index (Phi) is 4.71. The van der Waals surface area contributed by atoms with Crippen LogP contribution in [-0.2, 0) is 10.1 Å². The van der Waals surface area contributed by atoms with Gasteiger partial charge in [-0.05, 0) is 10.8 Å². The third-order valence-corrected chi connectivity index (χ3v) is 3.19.